The molecule has 6 heteroatoms. The largest absolute Gasteiger partial charge is 0.469 e. The number of fused-ring (bicyclic) bond motifs is 1. The summed E-state index contributed by atoms with van der Waals surface area (Å²) >= 11 is 0. The Morgan fingerprint density at radius 1 is 0.889 bits per heavy atom. The van der Waals surface area contributed by atoms with Crippen LogP contribution >= 0.6 is 0 Å². The minimum Gasteiger partial charge on any atom is -0.469 e. The van der Waals surface area contributed by atoms with Crippen molar-refractivity contribution in [3.8, 4) is 0 Å². The van der Waals surface area contributed by atoms with Crippen LogP contribution in [0.25, 0.3) is 0 Å². The van der Waals surface area contributed by atoms with E-state index < -0.39 is 0 Å². The van der Waals surface area contributed by atoms with Crippen molar-refractivity contribution in [2.24, 2.45) is 0 Å². The highest BCUT2D eigenvalue weighted by Gasteiger charge is 2.24. The molecule has 2 aliphatic rings. The van der Waals surface area contributed by atoms with Crippen molar-refractivity contribution in [1.82, 2.24) is 9.80 Å². The van der Waals surface area contributed by atoms with Crippen LogP contribution in [-0.4, -0.2) is 60.9 Å². The van der Waals surface area contributed by atoms with Gasteiger partial charge in [-0.1, -0.05) is 6.07 Å². The van der Waals surface area contributed by atoms with Crippen molar-refractivity contribution < 1.29 is 19.1 Å². The summed E-state index contributed by atoms with van der Waals surface area (Å²) in [6.07, 6.45) is 5.59. The highest BCUT2D eigenvalue weighted by molar-refractivity contribution is 5.94. The second kappa shape index (κ2) is 9.02. The molecule has 1 aromatic carbocycles. The fraction of sp³-hybridized carbons (Fsp3) is 0.571. The number of aryl methyl sites for hydroxylation is 2. The van der Waals surface area contributed by atoms with Crippen LogP contribution < -0.4 is 0 Å². The molecule has 2 amide bonds. The molecule has 0 atom stereocenters. The Morgan fingerprint density at radius 3 is 2.37 bits per heavy atom. The van der Waals surface area contributed by atoms with Gasteiger partial charge >= 0.3 is 5.97 Å². The molecule has 1 heterocycles. The number of carbonyl (C=O) groups is 3. The smallest absolute Gasteiger partial charge is 0.306 e. The first-order chi connectivity index (χ1) is 13.1. The molecule has 0 aromatic heterocycles. The van der Waals surface area contributed by atoms with Gasteiger partial charge in [-0.2, -0.15) is 0 Å². The highest BCUT2D eigenvalue weighted by atomic mass is 16.5. The van der Waals surface area contributed by atoms with E-state index >= 15 is 0 Å². The van der Waals surface area contributed by atoms with Gasteiger partial charge in [-0.05, 0) is 55.4 Å². The Hall–Kier alpha value is -2.37. The number of benzene rings is 1. The highest BCUT2D eigenvalue weighted by Crippen LogP contribution is 2.23. The molecule has 0 bridgehead atoms. The van der Waals surface area contributed by atoms with E-state index in [9.17, 15) is 14.4 Å². The van der Waals surface area contributed by atoms with Gasteiger partial charge in [-0.25, -0.2) is 0 Å². The number of esters is 1. The van der Waals surface area contributed by atoms with Crippen LogP contribution in [0.15, 0.2) is 18.2 Å². The van der Waals surface area contributed by atoms with Gasteiger partial charge in [0.25, 0.3) is 5.91 Å². The average molecular weight is 372 g/mol. The van der Waals surface area contributed by atoms with Crippen molar-refractivity contribution in [2.75, 3.05) is 33.3 Å². The summed E-state index contributed by atoms with van der Waals surface area (Å²) < 4.78 is 4.59. The van der Waals surface area contributed by atoms with Gasteiger partial charge in [-0.15, -0.1) is 0 Å². The molecular weight excluding hydrogens is 344 g/mol. The third-order valence-corrected chi connectivity index (χ3v) is 5.50. The number of hydrogen-bond acceptors (Lipinski definition) is 4. The molecule has 1 aromatic rings. The molecule has 27 heavy (non-hydrogen) atoms. The van der Waals surface area contributed by atoms with E-state index in [0.717, 1.165) is 24.8 Å². The zero-order valence-electron chi connectivity index (χ0n) is 16.0. The van der Waals surface area contributed by atoms with Crippen molar-refractivity contribution in [3.05, 3.63) is 34.9 Å². The van der Waals surface area contributed by atoms with Crippen molar-refractivity contribution in [1.29, 1.82) is 0 Å². The number of rotatable bonds is 4. The summed E-state index contributed by atoms with van der Waals surface area (Å²) in [6.45, 7) is 2.31. The molecular formula is C21H28N2O4. The fourth-order valence-corrected chi connectivity index (χ4v) is 3.89. The van der Waals surface area contributed by atoms with Crippen molar-refractivity contribution >= 4 is 17.8 Å². The maximum absolute atomic E-state index is 12.9. The Kier molecular flexibility index (Phi) is 6.48. The number of methoxy groups -OCH3 is 1. The van der Waals surface area contributed by atoms with E-state index in [1.165, 1.54) is 31.1 Å². The van der Waals surface area contributed by atoms with E-state index in [4.69, 9.17) is 0 Å². The molecule has 0 saturated carbocycles. The number of nitrogens with zero attached hydrogens (tertiary/aromatic N) is 2. The Morgan fingerprint density at radius 2 is 1.59 bits per heavy atom. The summed E-state index contributed by atoms with van der Waals surface area (Å²) in [5.41, 5.74) is 3.43. The molecule has 1 aliphatic carbocycles. The average Bonchev–Trinajstić information content (AvgIpc) is 2.97. The molecule has 6 nitrogen and oxygen atoms in total. The second-order valence-electron chi connectivity index (χ2n) is 7.29. The normalized spacial score (nSPS) is 17.1. The molecule has 0 N–H and O–H groups in total. The molecule has 0 radical (unpaired) electrons. The summed E-state index contributed by atoms with van der Waals surface area (Å²) in [4.78, 5) is 40.0. The van der Waals surface area contributed by atoms with Crippen LogP contribution in [0.5, 0.6) is 0 Å². The first-order valence-corrected chi connectivity index (χ1v) is 9.84. The van der Waals surface area contributed by atoms with Gasteiger partial charge in [-0.3, -0.25) is 14.4 Å². The predicted molar refractivity (Wildman–Crippen MR) is 101 cm³/mol. The molecule has 3 rings (SSSR count). The number of ether oxygens (including phenoxy) is 1. The Labute approximate surface area is 160 Å². The van der Waals surface area contributed by atoms with Gasteiger partial charge in [0.15, 0.2) is 0 Å². The van der Waals surface area contributed by atoms with E-state index in [1.54, 1.807) is 4.90 Å². The molecule has 0 spiro atoms. The first-order valence-electron chi connectivity index (χ1n) is 9.84. The maximum atomic E-state index is 12.9. The van der Waals surface area contributed by atoms with Crippen LogP contribution in [0.1, 0.15) is 53.6 Å². The summed E-state index contributed by atoms with van der Waals surface area (Å²) in [5.74, 6) is -0.377. The molecule has 0 unspecified atom stereocenters. The van der Waals surface area contributed by atoms with Gasteiger partial charge in [0.05, 0.1) is 13.5 Å². The van der Waals surface area contributed by atoms with Gasteiger partial charge < -0.3 is 14.5 Å². The maximum Gasteiger partial charge on any atom is 0.306 e. The van der Waals surface area contributed by atoms with E-state index in [-0.39, 0.29) is 30.6 Å². The van der Waals surface area contributed by atoms with E-state index in [2.05, 4.69) is 16.9 Å². The van der Waals surface area contributed by atoms with Crippen LogP contribution in [0.4, 0.5) is 0 Å². The monoisotopic (exact) mass is 372 g/mol. The Bertz CT molecular complexity index is 716. The number of hydrogen-bond donors (Lipinski definition) is 0. The summed E-state index contributed by atoms with van der Waals surface area (Å²) in [5, 5.41) is 0. The molecule has 1 aliphatic heterocycles. The van der Waals surface area contributed by atoms with Crippen molar-refractivity contribution in [3.63, 3.8) is 0 Å². The van der Waals surface area contributed by atoms with Crippen molar-refractivity contribution in [2.45, 2.75) is 44.9 Å². The Balaban J connectivity index is 1.58. The molecule has 1 fully saturated rings. The molecule has 1 saturated heterocycles. The van der Waals surface area contributed by atoms with Gasteiger partial charge in [0, 0.05) is 38.2 Å². The van der Waals surface area contributed by atoms with Gasteiger partial charge in [0.2, 0.25) is 5.91 Å². The summed E-state index contributed by atoms with van der Waals surface area (Å²) in [6, 6.07) is 6.10. The fourth-order valence-electron chi connectivity index (χ4n) is 3.89. The first kappa shape index (κ1) is 19.4. The lowest BCUT2D eigenvalue weighted by atomic mass is 9.90. The standard InChI is InChI=1S/C21H28N2O4/c1-27-20(25)10-9-19(24)22-11-4-12-23(14-13-22)21(26)18-8-7-16-5-2-3-6-17(16)15-18/h7-8,15H,2-6,9-14H2,1H3. The molecule has 146 valence electrons. The van der Waals surface area contributed by atoms with Crippen LogP contribution in [-0.2, 0) is 27.2 Å². The van der Waals surface area contributed by atoms with Crippen LogP contribution in [0.3, 0.4) is 0 Å². The third kappa shape index (κ3) is 4.87. The SMILES string of the molecule is COC(=O)CCC(=O)N1CCCN(C(=O)c2ccc3c(c2)CCCC3)CC1. The quantitative estimate of drug-likeness (QED) is 0.760. The van der Waals surface area contributed by atoms with E-state index in [0.29, 0.717) is 26.2 Å². The van der Waals surface area contributed by atoms with Gasteiger partial charge in [0.1, 0.15) is 0 Å². The van der Waals surface area contributed by atoms with Crippen LogP contribution in [0.2, 0.25) is 0 Å². The lowest BCUT2D eigenvalue weighted by Gasteiger charge is -2.23. The third-order valence-electron chi connectivity index (χ3n) is 5.50. The summed E-state index contributed by atoms with van der Waals surface area (Å²) in [7, 11) is 1.32. The minimum atomic E-state index is -0.373. The predicted octanol–water partition coefficient (Wildman–Crippen LogP) is 2.19. The number of carbonyl (C=O) groups excluding carboxylic acids is 3. The topological polar surface area (TPSA) is 66.9 Å². The zero-order valence-corrected chi connectivity index (χ0v) is 16.0. The zero-order chi connectivity index (χ0) is 19.2. The lowest BCUT2D eigenvalue weighted by molar-refractivity contribution is -0.143. The number of amides is 2. The minimum absolute atomic E-state index is 0.0484. The van der Waals surface area contributed by atoms with Crippen LogP contribution in [0, 0.1) is 0 Å². The lowest BCUT2D eigenvalue weighted by Crippen LogP contribution is -2.37. The van der Waals surface area contributed by atoms with E-state index in [1.807, 2.05) is 11.0 Å². The second-order valence-corrected chi connectivity index (χ2v) is 7.29.